The molecule has 100 valence electrons. The van der Waals surface area contributed by atoms with Crippen molar-refractivity contribution in [3.8, 4) is 0 Å². The van der Waals surface area contributed by atoms with Gasteiger partial charge in [0.15, 0.2) is 11.0 Å². The van der Waals surface area contributed by atoms with Crippen LogP contribution in [0.1, 0.15) is 29.8 Å². The molecule has 0 spiro atoms. The van der Waals surface area contributed by atoms with Gasteiger partial charge < -0.3 is 14.6 Å². The number of carbonyl (C=O) groups is 1. The molecule has 0 unspecified atom stereocenters. The largest absolute Gasteiger partial charge is 0.440 e. The number of hydrogen-bond donors (Lipinski definition) is 1. The molecule has 0 aromatic carbocycles. The Bertz CT molecular complexity index is 397. The lowest BCUT2D eigenvalue weighted by Gasteiger charge is -2.31. The number of furan rings is 1. The zero-order valence-electron chi connectivity index (χ0n) is 10.6. The number of halogens is 1. The number of nitrogens with one attached hydrogen (secondary N) is 1. The third-order valence-electron chi connectivity index (χ3n) is 3.49. The van der Waals surface area contributed by atoms with E-state index in [1.165, 1.54) is 6.42 Å². The van der Waals surface area contributed by atoms with E-state index in [-0.39, 0.29) is 11.1 Å². The van der Waals surface area contributed by atoms with E-state index in [0.717, 1.165) is 38.4 Å². The highest BCUT2D eigenvalue weighted by molar-refractivity contribution is 6.29. The minimum atomic E-state index is -0.0473. The van der Waals surface area contributed by atoms with Crippen LogP contribution in [0.3, 0.4) is 0 Å². The number of nitrogens with zero attached hydrogens (tertiary/aromatic N) is 1. The van der Waals surface area contributed by atoms with Crippen molar-refractivity contribution in [3.63, 3.8) is 0 Å². The summed E-state index contributed by atoms with van der Waals surface area (Å²) in [5.74, 6) is 1.02. The summed E-state index contributed by atoms with van der Waals surface area (Å²) in [4.78, 5) is 13.9. The molecule has 1 fully saturated rings. The zero-order valence-corrected chi connectivity index (χ0v) is 11.4. The highest BCUT2D eigenvalue weighted by atomic mass is 35.5. The Hall–Kier alpha value is -1.00. The van der Waals surface area contributed by atoms with E-state index in [2.05, 4.69) is 5.32 Å². The molecule has 0 atom stereocenters. The van der Waals surface area contributed by atoms with E-state index >= 15 is 0 Å². The maximum absolute atomic E-state index is 12.1. The minimum absolute atomic E-state index is 0.0473. The van der Waals surface area contributed by atoms with Gasteiger partial charge in [-0.1, -0.05) is 0 Å². The van der Waals surface area contributed by atoms with Gasteiger partial charge in [-0.2, -0.15) is 0 Å². The molecule has 0 radical (unpaired) electrons. The molecule has 0 saturated carbocycles. The van der Waals surface area contributed by atoms with Crippen LogP contribution in [0.15, 0.2) is 16.5 Å². The van der Waals surface area contributed by atoms with Crippen molar-refractivity contribution < 1.29 is 9.21 Å². The topological polar surface area (TPSA) is 45.5 Å². The minimum Gasteiger partial charge on any atom is -0.440 e. The first kappa shape index (κ1) is 13.4. The Morgan fingerprint density at radius 1 is 1.50 bits per heavy atom. The molecule has 2 heterocycles. The molecule has 1 aliphatic heterocycles. The van der Waals surface area contributed by atoms with Gasteiger partial charge in [0.05, 0.1) is 0 Å². The van der Waals surface area contributed by atoms with E-state index in [1.54, 1.807) is 12.1 Å². The first-order valence-corrected chi connectivity index (χ1v) is 6.77. The maximum Gasteiger partial charge on any atom is 0.289 e. The van der Waals surface area contributed by atoms with Crippen LogP contribution < -0.4 is 5.32 Å². The molecule has 18 heavy (non-hydrogen) atoms. The van der Waals surface area contributed by atoms with Crippen molar-refractivity contribution in [1.82, 2.24) is 10.2 Å². The molecule has 1 amide bonds. The lowest BCUT2D eigenvalue weighted by atomic mass is 9.93. The van der Waals surface area contributed by atoms with E-state index in [9.17, 15) is 4.79 Å². The Balaban J connectivity index is 1.84. The number of hydrogen-bond acceptors (Lipinski definition) is 3. The molecule has 1 aromatic heterocycles. The van der Waals surface area contributed by atoms with E-state index in [4.69, 9.17) is 16.0 Å². The SMILES string of the molecule is CNCCC1CCN(C(=O)c2ccc(Cl)o2)CC1. The Morgan fingerprint density at radius 2 is 2.22 bits per heavy atom. The van der Waals surface area contributed by atoms with Crippen molar-refractivity contribution in [2.24, 2.45) is 5.92 Å². The summed E-state index contributed by atoms with van der Waals surface area (Å²) in [5.41, 5.74) is 0. The summed E-state index contributed by atoms with van der Waals surface area (Å²) in [7, 11) is 1.97. The molecular formula is C13H19ClN2O2. The number of amides is 1. The predicted octanol–water partition coefficient (Wildman–Crippen LogP) is 2.39. The Morgan fingerprint density at radius 3 is 2.78 bits per heavy atom. The highest BCUT2D eigenvalue weighted by Gasteiger charge is 2.24. The first-order valence-electron chi connectivity index (χ1n) is 6.40. The van der Waals surface area contributed by atoms with Crippen LogP contribution in [0.25, 0.3) is 0 Å². The first-order chi connectivity index (χ1) is 8.70. The molecule has 0 aliphatic carbocycles. The van der Waals surface area contributed by atoms with Gasteiger partial charge in [0.25, 0.3) is 5.91 Å². The number of rotatable bonds is 4. The summed E-state index contributed by atoms with van der Waals surface area (Å²) in [6, 6.07) is 3.24. The lowest BCUT2D eigenvalue weighted by Crippen LogP contribution is -2.38. The molecule has 1 aromatic rings. The van der Waals surface area contributed by atoms with Gasteiger partial charge in [-0.05, 0) is 62.5 Å². The molecule has 0 bridgehead atoms. The van der Waals surface area contributed by atoms with Crippen LogP contribution >= 0.6 is 11.6 Å². The number of piperidine rings is 1. The fourth-order valence-electron chi connectivity index (χ4n) is 2.36. The van der Waals surface area contributed by atoms with Gasteiger partial charge in [-0.3, -0.25) is 4.79 Å². The van der Waals surface area contributed by atoms with Crippen LogP contribution in [0.5, 0.6) is 0 Å². The summed E-state index contributed by atoms with van der Waals surface area (Å²) in [6.07, 6.45) is 3.33. The monoisotopic (exact) mass is 270 g/mol. The average Bonchev–Trinajstić information content (AvgIpc) is 2.83. The fraction of sp³-hybridized carbons (Fsp3) is 0.615. The quantitative estimate of drug-likeness (QED) is 0.914. The molecule has 5 heteroatoms. The predicted molar refractivity (Wildman–Crippen MR) is 70.9 cm³/mol. The second-order valence-electron chi connectivity index (χ2n) is 4.73. The van der Waals surface area contributed by atoms with E-state index in [0.29, 0.717) is 5.76 Å². The van der Waals surface area contributed by atoms with Gasteiger partial charge in [0.1, 0.15) is 0 Å². The van der Waals surface area contributed by atoms with Gasteiger partial charge in [-0.25, -0.2) is 0 Å². The molecule has 1 N–H and O–H groups in total. The van der Waals surface area contributed by atoms with Gasteiger partial charge >= 0.3 is 0 Å². The standard InChI is InChI=1S/C13H19ClN2O2/c1-15-7-4-10-5-8-16(9-6-10)13(17)11-2-3-12(14)18-11/h2-3,10,15H,4-9H2,1H3. The van der Waals surface area contributed by atoms with Crippen molar-refractivity contribution in [2.45, 2.75) is 19.3 Å². The summed E-state index contributed by atoms with van der Waals surface area (Å²) in [6.45, 7) is 2.67. The van der Waals surface area contributed by atoms with Crippen LogP contribution in [0.2, 0.25) is 5.22 Å². The molecule has 4 nitrogen and oxygen atoms in total. The highest BCUT2D eigenvalue weighted by Crippen LogP contribution is 2.22. The molecule has 1 aliphatic rings. The van der Waals surface area contributed by atoms with Crippen LogP contribution in [0, 0.1) is 5.92 Å². The van der Waals surface area contributed by atoms with Gasteiger partial charge in [0.2, 0.25) is 0 Å². The molecule has 1 saturated heterocycles. The summed E-state index contributed by atoms with van der Waals surface area (Å²) >= 11 is 5.68. The van der Waals surface area contributed by atoms with Crippen LogP contribution in [-0.2, 0) is 0 Å². The second kappa shape index (κ2) is 6.25. The van der Waals surface area contributed by atoms with E-state index < -0.39 is 0 Å². The second-order valence-corrected chi connectivity index (χ2v) is 5.10. The Kier molecular flexibility index (Phi) is 4.66. The van der Waals surface area contributed by atoms with Crippen molar-refractivity contribution in [3.05, 3.63) is 23.1 Å². The molecular weight excluding hydrogens is 252 g/mol. The number of carbonyl (C=O) groups excluding carboxylic acids is 1. The zero-order chi connectivity index (χ0) is 13.0. The average molecular weight is 271 g/mol. The maximum atomic E-state index is 12.1. The van der Waals surface area contributed by atoms with Gasteiger partial charge in [0, 0.05) is 13.1 Å². The summed E-state index contributed by atoms with van der Waals surface area (Å²) in [5, 5.41) is 3.43. The van der Waals surface area contributed by atoms with Crippen LogP contribution in [0.4, 0.5) is 0 Å². The summed E-state index contributed by atoms with van der Waals surface area (Å²) < 4.78 is 5.15. The third-order valence-corrected chi connectivity index (χ3v) is 3.69. The van der Waals surface area contributed by atoms with Crippen molar-refractivity contribution in [2.75, 3.05) is 26.7 Å². The Labute approximate surface area is 112 Å². The molecule has 2 rings (SSSR count). The number of likely N-dealkylation sites (tertiary alicyclic amines) is 1. The lowest BCUT2D eigenvalue weighted by molar-refractivity contribution is 0.0655. The fourth-order valence-corrected chi connectivity index (χ4v) is 2.50. The van der Waals surface area contributed by atoms with Crippen molar-refractivity contribution in [1.29, 1.82) is 0 Å². The smallest absolute Gasteiger partial charge is 0.289 e. The van der Waals surface area contributed by atoms with Crippen molar-refractivity contribution >= 4 is 17.5 Å². The van der Waals surface area contributed by atoms with Crippen LogP contribution in [-0.4, -0.2) is 37.5 Å². The third kappa shape index (κ3) is 3.27. The normalized spacial score (nSPS) is 17.1. The van der Waals surface area contributed by atoms with Gasteiger partial charge in [-0.15, -0.1) is 0 Å². The van der Waals surface area contributed by atoms with E-state index in [1.807, 2.05) is 11.9 Å².